The van der Waals surface area contributed by atoms with Crippen molar-refractivity contribution in [2.45, 2.75) is 31.8 Å². The van der Waals surface area contributed by atoms with Crippen molar-refractivity contribution in [3.05, 3.63) is 28.6 Å². The summed E-state index contributed by atoms with van der Waals surface area (Å²) in [5, 5.41) is 15.8. The van der Waals surface area contributed by atoms with Crippen LogP contribution in [0.2, 0.25) is 0 Å². The van der Waals surface area contributed by atoms with Gasteiger partial charge in [-0.15, -0.1) is 22.7 Å². The van der Waals surface area contributed by atoms with Crippen molar-refractivity contribution in [1.82, 2.24) is 10.3 Å². The number of aromatic nitrogens is 1. The van der Waals surface area contributed by atoms with Crippen LogP contribution in [0.25, 0.3) is 9.88 Å². The standard InChI is InChI=1S/C15H18N2O2S2/c18-11(10-4-1-2-5-10)8-16-14(19)13-9-17-15(21-13)12-6-3-7-20-12/h3,6-7,9-11,18H,1-2,4-5,8H2,(H,16,19). The van der Waals surface area contributed by atoms with Crippen LogP contribution in [-0.2, 0) is 0 Å². The smallest absolute Gasteiger partial charge is 0.263 e. The average molecular weight is 322 g/mol. The van der Waals surface area contributed by atoms with Crippen molar-refractivity contribution in [3.8, 4) is 9.88 Å². The van der Waals surface area contributed by atoms with E-state index in [-0.39, 0.29) is 5.91 Å². The highest BCUT2D eigenvalue weighted by atomic mass is 32.1. The molecule has 1 amide bonds. The Bertz CT molecular complexity index is 589. The molecule has 0 bridgehead atoms. The maximum absolute atomic E-state index is 12.1. The van der Waals surface area contributed by atoms with Gasteiger partial charge in [0.2, 0.25) is 0 Å². The number of rotatable bonds is 5. The second kappa shape index (κ2) is 6.68. The van der Waals surface area contributed by atoms with Crippen LogP contribution >= 0.6 is 22.7 Å². The quantitative estimate of drug-likeness (QED) is 0.889. The molecular formula is C15H18N2O2S2. The molecule has 3 rings (SSSR count). The number of carbonyl (C=O) groups excluding carboxylic acids is 1. The van der Waals surface area contributed by atoms with E-state index >= 15 is 0 Å². The van der Waals surface area contributed by atoms with E-state index in [9.17, 15) is 9.90 Å². The molecule has 0 saturated heterocycles. The number of carbonyl (C=O) groups is 1. The Hall–Kier alpha value is -1.24. The lowest BCUT2D eigenvalue weighted by molar-refractivity contribution is 0.0843. The van der Waals surface area contributed by atoms with E-state index in [1.165, 1.54) is 24.2 Å². The fourth-order valence-corrected chi connectivity index (χ4v) is 4.32. The van der Waals surface area contributed by atoms with E-state index in [0.29, 0.717) is 17.3 Å². The molecule has 0 aromatic carbocycles. The summed E-state index contributed by atoms with van der Waals surface area (Å²) in [5.41, 5.74) is 0. The first-order valence-electron chi connectivity index (χ1n) is 7.20. The highest BCUT2D eigenvalue weighted by molar-refractivity contribution is 7.21. The number of aliphatic hydroxyl groups excluding tert-OH is 1. The normalized spacial score (nSPS) is 17.0. The number of thiophene rings is 1. The highest BCUT2D eigenvalue weighted by Crippen LogP contribution is 2.29. The van der Waals surface area contributed by atoms with Gasteiger partial charge in [-0.3, -0.25) is 4.79 Å². The fraction of sp³-hybridized carbons (Fsp3) is 0.467. The second-order valence-electron chi connectivity index (χ2n) is 5.33. The molecular weight excluding hydrogens is 304 g/mol. The number of hydrogen-bond donors (Lipinski definition) is 2. The van der Waals surface area contributed by atoms with Crippen LogP contribution in [0, 0.1) is 5.92 Å². The maximum atomic E-state index is 12.1. The first-order chi connectivity index (χ1) is 10.2. The third kappa shape index (κ3) is 3.51. The van der Waals surface area contributed by atoms with Crippen LogP contribution in [0.5, 0.6) is 0 Å². The zero-order valence-corrected chi connectivity index (χ0v) is 13.3. The Morgan fingerprint density at radius 2 is 2.29 bits per heavy atom. The zero-order valence-electron chi connectivity index (χ0n) is 11.6. The highest BCUT2D eigenvalue weighted by Gasteiger charge is 2.23. The molecule has 1 unspecified atom stereocenters. The van der Waals surface area contributed by atoms with Gasteiger partial charge in [0, 0.05) is 6.54 Å². The first kappa shape index (κ1) is 14.7. The second-order valence-corrected chi connectivity index (χ2v) is 7.31. The molecule has 4 nitrogen and oxygen atoms in total. The molecule has 1 aliphatic rings. The third-order valence-corrected chi connectivity index (χ3v) is 5.91. The summed E-state index contributed by atoms with van der Waals surface area (Å²) in [6, 6.07) is 3.97. The van der Waals surface area contributed by atoms with Crippen LogP contribution in [0.4, 0.5) is 0 Å². The van der Waals surface area contributed by atoms with Crippen molar-refractivity contribution in [1.29, 1.82) is 0 Å². The lowest BCUT2D eigenvalue weighted by Crippen LogP contribution is -2.35. The number of nitrogens with zero attached hydrogens (tertiary/aromatic N) is 1. The van der Waals surface area contributed by atoms with Crippen molar-refractivity contribution in [2.24, 2.45) is 5.92 Å². The summed E-state index contributed by atoms with van der Waals surface area (Å²) in [4.78, 5) is 18.1. The minimum atomic E-state index is -0.430. The molecule has 0 aliphatic heterocycles. The van der Waals surface area contributed by atoms with E-state index in [0.717, 1.165) is 22.7 Å². The van der Waals surface area contributed by atoms with Gasteiger partial charge in [0.1, 0.15) is 9.88 Å². The molecule has 0 spiro atoms. The van der Waals surface area contributed by atoms with Crippen LogP contribution in [-0.4, -0.2) is 28.6 Å². The Kier molecular flexibility index (Phi) is 4.67. The Morgan fingerprint density at radius 3 is 3.00 bits per heavy atom. The monoisotopic (exact) mass is 322 g/mol. The molecule has 1 saturated carbocycles. The van der Waals surface area contributed by atoms with Gasteiger partial charge in [-0.1, -0.05) is 18.9 Å². The van der Waals surface area contributed by atoms with Crippen LogP contribution in [0.1, 0.15) is 35.4 Å². The van der Waals surface area contributed by atoms with Crippen molar-refractivity contribution in [3.63, 3.8) is 0 Å². The van der Waals surface area contributed by atoms with Crippen molar-refractivity contribution >= 4 is 28.6 Å². The number of nitrogens with one attached hydrogen (secondary N) is 1. The molecule has 112 valence electrons. The van der Waals surface area contributed by atoms with E-state index < -0.39 is 6.10 Å². The van der Waals surface area contributed by atoms with Gasteiger partial charge in [-0.25, -0.2) is 4.98 Å². The zero-order chi connectivity index (χ0) is 14.7. The third-order valence-electron chi connectivity index (χ3n) is 3.88. The number of hydrogen-bond acceptors (Lipinski definition) is 5. The average Bonchev–Trinajstić information content (AvgIpc) is 3.25. The first-order valence-corrected chi connectivity index (χ1v) is 8.89. The number of thiazole rings is 1. The summed E-state index contributed by atoms with van der Waals surface area (Å²) in [5.74, 6) is 0.195. The topological polar surface area (TPSA) is 62.2 Å². The van der Waals surface area contributed by atoms with Crippen LogP contribution in [0.15, 0.2) is 23.7 Å². The van der Waals surface area contributed by atoms with Gasteiger partial charge < -0.3 is 10.4 Å². The van der Waals surface area contributed by atoms with E-state index in [4.69, 9.17) is 0 Å². The minimum Gasteiger partial charge on any atom is -0.391 e. The van der Waals surface area contributed by atoms with Gasteiger partial charge in [0.05, 0.1) is 17.2 Å². The number of amides is 1. The predicted octanol–water partition coefficient (Wildman–Crippen LogP) is 3.15. The molecule has 2 N–H and O–H groups in total. The van der Waals surface area contributed by atoms with E-state index in [1.54, 1.807) is 17.5 Å². The molecule has 1 aliphatic carbocycles. The molecule has 1 fully saturated rings. The lowest BCUT2D eigenvalue weighted by Gasteiger charge is -2.17. The van der Waals surface area contributed by atoms with Gasteiger partial charge in [-0.05, 0) is 30.2 Å². The SMILES string of the molecule is O=C(NCC(O)C1CCCC1)c1cnc(-c2cccs2)s1. The maximum Gasteiger partial charge on any atom is 0.263 e. The summed E-state index contributed by atoms with van der Waals surface area (Å²) < 4.78 is 0. The molecule has 1 atom stereocenters. The Balaban J connectivity index is 1.55. The van der Waals surface area contributed by atoms with E-state index in [2.05, 4.69) is 10.3 Å². The Morgan fingerprint density at radius 1 is 1.48 bits per heavy atom. The fourth-order valence-electron chi connectivity index (χ4n) is 2.69. The van der Waals surface area contributed by atoms with Crippen molar-refractivity contribution in [2.75, 3.05) is 6.54 Å². The predicted molar refractivity (Wildman–Crippen MR) is 85.7 cm³/mol. The molecule has 2 heterocycles. The van der Waals surface area contributed by atoms with Crippen LogP contribution in [0.3, 0.4) is 0 Å². The largest absolute Gasteiger partial charge is 0.391 e. The van der Waals surface area contributed by atoms with Gasteiger partial charge in [0.25, 0.3) is 5.91 Å². The molecule has 0 radical (unpaired) electrons. The van der Waals surface area contributed by atoms with Gasteiger partial charge in [-0.2, -0.15) is 0 Å². The van der Waals surface area contributed by atoms with E-state index in [1.807, 2.05) is 17.5 Å². The minimum absolute atomic E-state index is 0.146. The molecule has 6 heteroatoms. The Labute approximate surface area is 131 Å². The molecule has 21 heavy (non-hydrogen) atoms. The lowest BCUT2D eigenvalue weighted by atomic mass is 10.0. The summed E-state index contributed by atoms with van der Waals surface area (Å²) in [7, 11) is 0. The summed E-state index contributed by atoms with van der Waals surface area (Å²) in [6.45, 7) is 0.329. The number of aliphatic hydroxyl groups is 1. The summed E-state index contributed by atoms with van der Waals surface area (Å²) in [6.07, 6.45) is 5.70. The molecule has 2 aromatic heterocycles. The summed E-state index contributed by atoms with van der Waals surface area (Å²) >= 11 is 3.00. The van der Waals surface area contributed by atoms with Crippen molar-refractivity contribution < 1.29 is 9.90 Å². The molecule has 2 aromatic rings. The van der Waals surface area contributed by atoms with Crippen LogP contribution < -0.4 is 5.32 Å². The van der Waals surface area contributed by atoms with Gasteiger partial charge >= 0.3 is 0 Å². The van der Waals surface area contributed by atoms with Gasteiger partial charge in [0.15, 0.2) is 0 Å².